The second-order valence-corrected chi connectivity index (χ2v) is 13.3. The average molecular weight is 385 g/mol. The van der Waals surface area contributed by atoms with E-state index in [0.29, 0.717) is 17.9 Å². The minimum absolute atomic E-state index is 0.125. The topological polar surface area (TPSA) is 18.5 Å². The molecule has 2 aromatic carbocycles. The van der Waals surface area contributed by atoms with Crippen molar-refractivity contribution in [2.75, 3.05) is 7.11 Å². The minimum Gasteiger partial charge on any atom is -0.489 e. The second-order valence-electron chi connectivity index (χ2n) is 8.59. The maximum absolute atomic E-state index is 14.7. The van der Waals surface area contributed by atoms with Crippen LogP contribution in [-0.2, 0) is 17.5 Å². The van der Waals surface area contributed by atoms with Gasteiger partial charge in [0.05, 0.1) is 0 Å². The summed E-state index contributed by atoms with van der Waals surface area (Å²) in [4.78, 5) is 0. The van der Waals surface area contributed by atoms with Gasteiger partial charge < -0.3 is 9.16 Å². The Labute approximate surface area is 163 Å². The summed E-state index contributed by atoms with van der Waals surface area (Å²) in [6, 6.07) is 14.3. The largest absolute Gasteiger partial charge is 0.489 e. The fraction of sp³-hybridized carbons (Fsp3) is 0.391. The van der Waals surface area contributed by atoms with E-state index in [1.54, 1.807) is 0 Å². The highest BCUT2D eigenvalue weighted by Gasteiger charge is 2.42. The van der Waals surface area contributed by atoms with Gasteiger partial charge in [-0.15, -0.1) is 0 Å². The predicted molar refractivity (Wildman–Crippen MR) is 112 cm³/mol. The van der Waals surface area contributed by atoms with Crippen LogP contribution in [0.2, 0.25) is 17.6 Å². The third kappa shape index (κ3) is 4.33. The summed E-state index contributed by atoms with van der Waals surface area (Å²) in [6.45, 7) is 9.42. The Morgan fingerprint density at radius 3 is 2.44 bits per heavy atom. The molecule has 0 bridgehead atoms. The molecule has 1 atom stereocenters. The van der Waals surface area contributed by atoms with Gasteiger partial charge in [-0.05, 0) is 41.2 Å². The first kappa shape index (κ1) is 19.8. The van der Waals surface area contributed by atoms with Crippen LogP contribution in [0.1, 0.15) is 37.5 Å². The SMILES string of the molecule is CO[Si](C)(CC1=Cc2c(F)cc(OCc3ccccc3)cc2C1)C(C)(C)C. The number of hydrogen-bond donors (Lipinski definition) is 0. The molecule has 1 unspecified atom stereocenters. The summed E-state index contributed by atoms with van der Waals surface area (Å²) >= 11 is 0. The Balaban J connectivity index is 1.74. The molecule has 2 nitrogen and oxygen atoms in total. The lowest BCUT2D eigenvalue weighted by Crippen LogP contribution is -2.43. The molecule has 1 aliphatic carbocycles. The van der Waals surface area contributed by atoms with Gasteiger partial charge in [-0.1, -0.05) is 62.8 Å². The van der Waals surface area contributed by atoms with Crippen LogP contribution >= 0.6 is 0 Å². The number of hydrogen-bond acceptors (Lipinski definition) is 2. The first-order valence-electron chi connectivity index (χ1n) is 9.45. The first-order chi connectivity index (χ1) is 12.7. The molecule has 0 saturated carbocycles. The Hall–Kier alpha value is -1.91. The van der Waals surface area contributed by atoms with Crippen molar-refractivity contribution in [3.63, 3.8) is 0 Å². The molecule has 2 aromatic rings. The molecule has 0 heterocycles. The third-order valence-corrected chi connectivity index (χ3v) is 11.0. The van der Waals surface area contributed by atoms with Crippen molar-refractivity contribution in [1.29, 1.82) is 0 Å². The Morgan fingerprint density at radius 2 is 1.81 bits per heavy atom. The summed E-state index contributed by atoms with van der Waals surface area (Å²) in [5, 5.41) is 0.125. The van der Waals surface area contributed by atoms with Gasteiger partial charge in [-0.2, -0.15) is 0 Å². The zero-order valence-corrected chi connectivity index (χ0v) is 17.9. The molecule has 27 heavy (non-hydrogen) atoms. The van der Waals surface area contributed by atoms with E-state index >= 15 is 0 Å². The van der Waals surface area contributed by atoms with Crippen molar-refractivity contribution in [2.24, 2.45) is 0 Å². The summed E-state index contributed by atoms with van der Waals surface area (Å²) in [5.74, 6) is 0.384. The number of benzene rings is 2. The van der Waals surface area contributed by atoms with Gasteiger partial charge in [0.15, 0.2) is 8.32 Å². The third-order valence-electron chi connectivity index (χ3n) is 5.80. The highest BCUT2D eigenvalue weighted by atomic mass is 28.4. The van der Waals surface area contributed by atoms with Gasteiger partial charge in [0.2, 0.25) is 0 Å². The number of allylic oxidation sites excluding steroid dienone is 1. The van der Waals surface area contributed by atoms with Crippen molar-refractivity contribution in [3.05, 3.63) is 70.5 Å². The lowest BCUT2D eigenvalue weighted by atomic mass is 10.1. The lowest BCUT2D eigenvalue weighted by molar-refractivity contribution is 0.304. The average Bonchev–Trinajstić information content (AvgIpc) is 3.02. The molecule has 3 rings (SSSR count). The molecule has 0 aliphatic heterocycles. The van der Waals surface area contributed by atoms with Crippen LogP contribution in [0.25, 0.3) is 6.08 Å². The summed E-state index contributed by atoms with van der Waals surface area (Å²) < 4.78 is 26.5. The molecule has 0 amide bonds. The highest BCUT2D eigenvalue weighted by molar-refractivity contribution is 6.76. The second kappa shape index (κ2) is 7.61. The maximum atomic E-state index is 14.7. The molecule has 0 radical (unpaired) electrons. The van der Waals surface area contributed by atoms with Crippen LogP contribution in [0, 0.1) is 5.82 Å². The van der Waals surface area contributed by atoms with Crippen molar-refractivity contribution in [3.8, 4) is 5.75 Å². The van der Waals surface area contributed by atoms with Crippen molar-refractivity contribution in [1.82, 2.24) is 0 Å². The van der Waals surface area contributed by atoms with Crippen LogP contribution in [0.3, 0.4) is 0 Å². The van der Waals surface area contributed by atoms with E-state index in [1.807, 2.05) is 49.6 Å². The summed E-state index contributed by atoms with van der Waals surface area (Å²) in [5.41, 5.74) is 4.05. The Kier molecular flexibility index (Phi) is 5.59. The fourth-order valence-corrected chi connectivity index (χ4v) is 5.85. The smallest absolute Gasteiger partial charge is 0.198 e. The molecule has 0 spiro atoms. The van der Waals surface area contributed by atoms with Crippen LogP contribution < -0.4 is 4.74 Å². The number of ether oxygens (including phenoxy) is 1. The first-order valence-corrected chi connectivity index (χ1v) is 12.1. The minimum atomic E-state index is -1.94. The lowest BCUT2D eigenvalue weighted by Gasteiger charge is -2.38. The van der Waals surface area contributed by atoms with Crippen molar-refractivity contribution in [2.45, 2.75) is 51.4 Å². The normalized spacial score (nSPS) is 15.9. The molecule has 0 saturated heterocycles. The Bertz CT molecular complexity index is 839. The van der Waals surface area contributed by atoms with Gasteiger partial charge in [0.1, 0.15) is 18.2 Å². The van der Waals surface area contributed by atoms with E-state index in [-0.39, 0.29) is 10.9 Å². The van der Waals surface area contributed by atoms with Gasteiger partial charge in [-0.3, -0.25) is 0 Å². The van der Waals surface area contributed by atoms with E-state index in [0.717, 1.165) is 23.6 Å². The number of fused-ring (bicyclic) bond motifs is 1. The van der Waals surface area contributed by atoms with Crippen molar-refractivity contribution >= 4 is 14.4 Å². The number of rotatable bonds is 6. The highest BCUT2D eigenvalue weighted by Crippen LogP contribution is 2.43. The van der Waals surface area contributed by atoms with Gasteiger partial charge in [-0.25, -0.2) is 4.39 Å². The molecule has 1 aliphatic rings. The standard InChI is InChI=1S/C23H29FO2Si/c1-23(2,3)27(5,25-4)16-18-11-19-13-20(14-22(24)21(19)12-18)26-15-17-9-7-6-8-10-17/h6-10,12-14H,11,15-16H2,1-5H3. The van der Waals surface area contributed by atoms with Crippen LogP contribution in [0.15, 0.2) is 48.0 Å². The maximum Gasteiger partial charge on any atom is 0.198 e. The van der Waals surface area contributed by atoms with E-state index in [4.69, 9.17) is 9.16 Å². The Morgan fingerprint density at radius 1 is 1.11 bits per heavy atom. The molecular weight excluding hydrogens is 355 g/mol. The zero-order chi connectivity index (χ0) is 19.7. The summed E-state index contributed by atoms with van der Waals surface area (Å²) in [7, 11) is -0.126. The summed E-state index contributed by atoms with van der Waals surface area (Å²) in [6.07, 6.45) is 2.79. The quantitative estimate of drug-likeness (QED) is 0.539. The molecular formula is C23H29FO2Si. The zero-order valence-electron chi connectivity index (χ0n) is 16.9. The van der Waals surface area contributed by atoms with Crippen molar-refractivity contribution < 1.29 is 13.6 Å². The van der Waals surface area contributed by atoms with E-state index < -0.39 is 8.32 Å². The van der Waals surface area contributed by atoms with Crippen LogP contribution in [-0.4, -0.2) is 15.4 Å². The van der Waals surface area contributed by atoms with Crippen LogP contribution in [0.4, 0.5) is 4.39 Å². The fourth-order valence-electron chi connectivity index (χ4n) is 3.47. The van der Waals surface area contributed by atoms with Crippen LogP contribution in [0.5, 0.6) is 5.75 Å². The molecule has 0 fully saturated rings. The van der Waals surface area contributed by atoms with Gasteiger partial charge in [0, 0.05) is 18.7 Å². The van der Waals surface area contributed by atoms with Gasteiger partial charge in [0.25, 0.3) is 0 Å². The monoisotopic (exact) mass is 384 g/mol. The number of halogens is 1. The van der Waals surface area contributed by atoms with Gasteiger partial charge >= 0.3 is 0 Å². The van der Waals surface area contributed by atoms with E-state index in [2.05, 4.69) is 27.3 Å². The molecule has 144 valence electrons. The van der Waals surface area contributed by atoms with E-state index in [9.17, 15) is 4.39 Å². The predicted octanol–water partition coefficient (Wildman–Crippen LogP) is 6.37. The molecule has 0 N–H and O–H groups in total. The van der Waals surface area contributed by atoms with E-state index in [1.165, 1.54) is 11.6 Å². The molecule has 4 heteroatoms. The molecule has 0 aromatic heterocycles.